The monoisotopic (exact) mass is 420 g/mol. The SMILES string of the molecule is CN1C(=O)/C(=C/c2cc(Br)ccc2OCc2ccccc2F)NC1=S. The molecule has 2 aromatic rings. The van der Waals surface area contributed by atoms with E-state index in [4.69, 9.17) is 17.0 Å². The number of thiocarbonyl (C=S) groups is 1. The lowest BCUT2D eigenvalue weighted by atomic mass is 10.1. The zero-order valence-corrected chi connectivity index (χ0v) is 15.7. The van der Waals surface area contributed by atoms with Crippen LogP contribution in [0.4, 0.5) is 4.39 Å². The summed E-state index contributed by atoms with van der Waals surface area (Å²) in [5.74, 6) is -0.00168. The molecule has 1 aliphatic heterocycles. The van der Waals surface area contributed by atoms with Gasteiger partial charge in [0.25, 0.3) is 5.91 Å². The Hall–Kier alpha value is -2.25. The quantitative estimate of drug-likeness (QED) is 0.602. The first kappa shape index (κ1) is 17.6. The number of ether oxygens (including phenoxy) is 1. The van der Waals surface area contributed by atoms with Gasteiger partial charge in [-0.1, -0.05) is 34.1 Å². The van der Waals surface area contributed by atoms with E-state index in [2.05, 4.69) is 21.2 Å². The molecular formula is C18H14BrFN2O2S. The Morgan fingerprint density at radius 2 is 2.08 bits per heavy atom. The highest BCUT2D eigenvalue weighted by Crippen LogP contribution is 2.27. The van der Waals surface area contributed by atoms with E-state index >= 15 is 0 Å². The number of hydrogen-bond acceptors (Lipinski definition) is 3. The minimum absolute atomic E-state index is 0.0875. The number of carbonyl (C=O) groups excluding carboxylic acids is 1. The number of amides is 1. The van der Waals surface area contributed by atoms with E-state index in [9.17, 15) is 9.18 Å². The molecule has 3 rings (SSSR count). The lowest BCUT2D eigenvalue weighted by Gasteiger charge is -2.11. The molecule has 1 amide bonds. The van der Waals surface area contributed by atoms with Gasteiger partial charge in [0.05, 0.1) is 0 Å². The number of rotatable bonds is 4. The maximum Gasteiger partial charge on any atom is 0.276 e. The van der Waals surface area contributed by atoms with Crippen LogP contribution >= 0.6 is 28.1 Å². The van der Waals surface area contributed by atoms with Crippen molar-refractivity contribution >= 4 is 45.2 Å². The van der Waals surface area contributed by atoms with Crippen molar-refractivity contribution in [1.82, 2.24) is 10.2 Å². The Balaban J connectivity index is 1.88. The van der Waals surface area contributed by atoms with Crippen LogP contribution in [0.1, 0.15) is 11.1 Å². The molecule has 0 aromatic heterocycles. The van der Waals surface area contributed by atoms with Crippen molar-refractivity contribution in [3.05, 3.63) is 69.6 Å². The van der Waals surface area contributed by atoms with Gasteiger partial charge in [-0.2, -0.15) is 0 Å². The largest absolute Gasteiger partial charge is 0.488 e. The second-order valence-corrected chi connectivity index (χ2v) is 6.72. The maximum absolute atomic E-state index is 13.7. The lowest BCUT2D eigenvalue weighted by molar-refractivity contribution is -0.121. The average molecular weight is 421 g/mol. The molecule has 2 aromatic carbocycles. The molecule has 128 valence electrons. The maximum atomic E-state index is 13.7. The van der Waals surface area contributed by atoms with Crippen LogP contribution in [-0.2, 0) is 11.4 Å². The summed E-state index contributed by atoms with van der Waals surface area (Å²) in [5.41, 5.74) is 1.50. The second kappa shape index (κ2) is 7.33. The summed E-state index contributed by atoms with van der Waals surface area (Å²) in [6, 6.07) is 11.8. The van der Waals surface area contributed by atoms with Crippen LogP contribution in [0.25, 0.3) is 6.08 Å². The van der Waals surface area contributed by atoms with Crippen molar-refractivity contribution in [1.29, 1.82) is 0 Å². The minimum Gasteiger partial charge on any atom is -0.488 e. The predicted molar refractivity (Wildman–Crippen MR) is 101 cm³/mol. The van der Waals surface area contributed by atoms with Crippen molar-refractivity contribution < 1.29 is 13.9 Å². The number of nitrogens with one attached hydrogen (secondary N) is 1. The summed E-state index contributed by atoms with van der Waals surface area (Å²) in [5, 5.41) is 3.22. The Morgan fingerprint density at radius 1 is 1.32 bits per heavy atom. The Kier molecular flexibility index (Phi) is 5.15. The van der Waals surface area contributed by atoms with Crippen molar-refractivity contribution in [2.24, 2.45) is 0 Å². The van der Waals surface area contributed by atoms with Gasteiger partial charge in [0.2, 0.25) is 0 Å². The van der Waals surface area contributed by atoms with Gasteiger partial charge < -0.3 is 10.1 Å². The third kappa shape index (κ3) is 3.88. The van der Waals surface area contributed by atoms with Gasteiger partial charge in [0, 0.05) is 22.6 Å². The number of likely N-dealkylation sites (N-methyl/N-ethyl adjacent to an activating group) is 1. The molecular weight excluding hydrogens is 407 g/mol. The number of nitrogens with zero attached hydrogens (tertiary/aromatic N) is 1. The van der Waals surface area contributed by atoms with E-state index in [1.807, 2.05) is 12.1 Å². The summed E-state index contributed by atoms with van der Waals surface area (Å²) < 4.78 is 20.3. The van der Waals surface area contributed by atoms with Gasteiger partial charge in [-0.25, -0.2) is 4.39 Å². The van der Waals surface area contributed by atoms with E-state index in [0.717, 1.165) is 4.47 Å². The average Bonchev–Trinajstić information content (AvgIpc) is 2.82. The van der Waals surface area contributed by atoms with Crippen molar-refractivity contribution in [3.8, 4) is 5.75 Å². The smallest absolute Gasteiger partial charge is 0.276 e. The van der Waals surface area contributed by atoms with Crippen LogP contribution in [0.15, 0.2) is 52.6 Å². The molecule has 25 heavy (non-hydrogen) atoms. The highest BCUT2D eigenvalue weighted by Gasteiger charge is 2.27. The van der Waals surface area contributed by atoms with Crippen LogP contribution in [0.3, 0.4) is 0 Å². The second-order valence-electron chi connectivity index (χ2n) is 5.41. The van der Waals surface area contributed by atoms with Crippen molar-refractivity contribution in [3.63, 3.8) is 0 Å². The molecule has 0 unspecified atom stereocenters. The van der Waals surface area contributed by atoms with E-state index in [1.165, 1.54) is 11.0 Å². The van der Waals surface area contributed by atoms with Crippen LogP contribution < -0.4 is 10.1 Å². The number of hydrogen-bond donors (Lipinski definition) is 1. The number of benzene rings is 2. The van der Waals surface area contributed by atoms with Gasteiger partial charge in [0.1, 0.15) is 23.9 Å². The van der Waals surface area contributed by atoms with Crippen molar-refractivity contribution in [2.45, 2.75) is 6.61 Å². The molecule has 1 fully saturated rings. The first-order chi connectivity index (χ1) is 12.0. The summed E-state index contributed by atoms with van der Waals surface area (Å²) in [6.45, 7) is 0.0875. The summed E-state index contributed by atoms with van der Waals surface area (Å²) in [7, 11) is 1.61. The molecule has 7 heteroatoms. The third-order valence-electron chi connectivity index (χ3n) is 3.69. The Morgan fingerprint density at radius 3 is 2.76 bits per heavy atom. The van der Waals surface area contributed by atoms with E-state index in [0.29, 0.717) is 27.7 Å². The fraction of sp³-hybridized carbons (Fsp3) is 0.111. The van der Waals surface area contributed by atoms with Crippen LogP contribution in [0.5, 0.6) is 5.75 Å². The lowest BCUT2D eigenvalue weighted by Crippen LogP contribution is -2.25. The number of halogens is 2. The number of carbonyl (C=O) groups is 1. The normalized spacial score (nSPS) is 15.6. The van der Waals surface area contributed by atoms with Gasteiger partial charge in [-0.15, -0.1) is 0 Å². The molecule has 0 radical (unpaired) electrons. The molecule has 4 nitrogen and oxygen atoms in total. The molecule has 1 heterocycles. The standard InChI is InChI=1S/C18H14BrFN2O2S/c1-22-17(23)15(21-18(22)25)9-12-8-13(19)6-7-16(12)24-10-11-4-2-3-5-14(11)20/h2-9H,10H2,1H3,(H,21,25)/b15-9-. The Bertz CT molecular complexity index is 885. The minimum atomic E-state index is -0.320. The summed E-state index contributed by atoms with van der Waals surface area (Å²) >= 11 is 8.48. The van der Waals surface area contributed by atoms with Gasteiger partial charge in [0.15, 0.2) is 5.11 Å². The molecule has 1 N–H and O–H groups in total. The fourth-order valence-corrected chi connectivity index (χ4v) is 2.88. The third-order valence-corrected chi connectivity index (χ3v) is 4.56. The van der Waals surface area contributed by atoms with Crippen LogP contribution in [0, 0.1) is 5.82 Å². The van der Waals surface area contributed by atoms with Gasteiger partial charge in [-0.3, -0.25) is 9.69 Å². The topological polar surface area (TPSA) is 41.6 Å². The molecule has 1 saturated heterocycles. The fourth-order valence-electron chi connectivity index (χ4n) is 2.31. The molecule has 0 atom stereocenters. The van der Waals surface area contributed by atoms with E-state index in [-0.39, 0.29) is 18.3 Å². The summed E-state index contributed by atoms with van der Waals surface area (Å²) in [4.78, 5) is 13.5. The van der Waals surface area contributed by atoms with E-state index < -0.39 is 0 Å². The zero-order valence-electron chi connectivity index (χ0n) is 13.3. The van der Waals surface area contributed by atoms with Crippen LogP contribution in [-0.4, -0.2) is 23.0 Å². The first-order valence-corrected chi connectivity index (χ1v) is 8.62. The molecule has 0 spiro atoms. The molecule has 1 aliphatic rings. The highest BCUT2D eigenvalue weighted by atomic mass is 79.9. The van der Waals surface area contributed by atoms with E-state index in [1.54, 1.807) is 37.4 Å². The predicted octanol–water partition coefficient (Wildman–Crippen LogP) is 3.85. The van der Waals surface area contributed by atoms with Gasteiger partial charge >= 0.3 is 0 Å². The van der Waals surface area contributed by atoms with Crippen molar-refractivity contribution in [2.75, 3.05) is 7.05 Å². The molecule has 0 aliphatic carbocycles. The molecule has 0 saturated carbocycles. The van der Waals surface area contributed by atoms with Crippen LogP contribution in [0.2, 0.25) is 0 Å². The zero-order chi connectivity index (χ0) is 18.0. The molecule has 0 bridgehead atoms. The Labute approximate surface area is 158 Å². The highest BCUT2D eigenvalue weighted by molar-refractivity contribution is 9.10. The first-order valence-electron chi connectivity index (χ1n) is 7.42. The summed E-state index contributed by atoms with van der Waals surface area (Å²) in [6.07, 6.45) is 1.67. The van der Waals surface area contributed by atoms with Gasteiger partial charge in [-0.05, 0) is 42.6 Å².